The molecule has 6 aliphatic rings. The van der Waals surface area contributed by atoms with Crippen molar-refractivity contribution in [3.8, 4) is 0 Å². The van der Waals surface area contributed by atoms with E-state index in [0.29, 0.717) is 48.3 Å². The van der Waals surface area contributed by atoms with Crippen molar-refractivity contribution in [1.82, 2.24) is 0 Å². The highest BCUT2D eigenvalue weighted by Crippen LogP contribution is 2.51. The Labute approximate surface area is 290 Å². The number of carbonyl (C=O) groups is 4. The van der Waals surface area contributed by atoms with Gasteiger partial charge in [0.2, 0.25) is 0 Å². The van der Waals surface area contributed by atoms with Gasteiger partial charge < -0.3 is 28.4 Å². The monoisotopic (exact) mass is 702 g/mol. The number of epoxide rings is 2. The maximum absolute atomic E-state index is 12.5. The molecule has 0 aromatic carbocycles. The van der Waals surface area contributed by atoms with E-state index >= 15 is 0 Å². The van der Waals surface area contributed by atoms with E-state index in [1.807, 2.05) is 0 Å². The average Bonchev–Trinajstić information content (AvgIpc) is 3.86. The van der Waals surface area contributed by atoms with Gasteiger partial charge in [0, 0.05) is 34.5 Å². The zero-order valence-electron chi connectivity index (χ0n) is 27.8. The molecule has 0 aromatic rings. The topological polar surface area (TPSA) is 130 Å². The Morgan fingerprint density at radius 2 is 1.19 bits per heavy atom. The molecule has 6 rings (SSSR count). The minimum absolute atomic E-state index is 0.0833. The molecule has 0 unspecified atom stereocenters. The molecule has 48 heavy (non-hydrogen) atoms. The number of hydrogen-bond acceptors (Lipinski definition) is 12. The summed E-state index contributed by atoms with van der Waals surface area (Å²) in [4.78, 5) is 49.3. The van der Waals surface area contributed by atoms with Gasteiger partial charge in [-0.2, -0.15) is 0 Å². The smallest absolute Gasteiger partial charge is 0.334 e. The number of ether oxygens (including phenoxy) is 6. The SMILES string of the molecule is C=C1C(=O)O[C@H]2[C@H]1CC/C(COC(=O)CSCCSCC(=O)OC/C1=C/CC[C@@]3(C)O[C@H]3[C@H]3OC(=O)C(=C)[C@@H]3CC1)=C\CC[C@@]1(C)O[C@@H]21. The molecule has 4 aliphatic heterocycles. The van der Waals surface area contributed by atoms with E-state index in [2.05, 4.69) is 39.2 Å². The number of rotatable bonds is 11. The van der Waals surface area contributed by atoms with Crippen LogP contribution in [0, 0.1) is 11.8 Å². The van der Waals surface area contributed by atoms with Gasteiger partial charge in [-0.15, -0.1) is 23.5 Å². The molecule has 0 spiro atoms. The predicted octanol–water partition coefficient (Wildman–Crippen LogP) is 5.05. The molecular weight excluding hydrogens is 657 g/mol. The molecule has 12 heteroatoms. The van der Waals surface area contributed by atoms with E-state index in [1.165, 1.54) is 23.5 Å². The number of thioether (sulfide) groups is 2. The molecule has 4 fully saturated rings. The lowest BCUT2D eigenvalue weighted by atomic mass is 9.84. The van der Waals surface area contributed by atoms with Crippen LogP contribution in [0.4, 0.5) is 0 Å². The lowest BCUT2D eigenvalue weighted by Gasteiger charge is -2.20. The van der Waals surface area contributed by atoms with E-state index in [-0.39, 0.29) is 96.1 Å². The van der Waals surface area contributed by atoms with Crippen molar-refractivity contribution in [3.05, 3.63) is 47.6 Å². The summed E-state index contributed by atoms with van der Waals surface area (Å²) < 4.78 is 34.3. The standard InChI is InChI=1S/C36H46O10S2/c1-21-25-11-9-23(7-5-13-35(3)31(45-35)29(25)43-33(21)39)17-41-27(37)19-47-15-16-48-20-28(38)42-18-24-8-6-14-36(4)32(46-36)30-26(12-10-24)22(2)34(40)44-30/h7-8,25-26,29-32H,1-2,5-6,9-20H2,3-4H3/b23-7+,24-8+/t25-,26-,29-,30-,31-,32-,35+,36+/m0/s1. The van der Waals surface area contributed by atoms with Crippen molar-refractivity contribution in [2.24, 2.45) is 11.8 Å². The quantitative estimate of drug-likeness (QED) is 0.0713. The third kappa shape index (κ3) is 8.08. The van der Waals surface area contributed by atoms with Gasteiger partial charge in [0.1, 0.15) is 37.6 Å². The first-order valence-electron chi connectivity index (χ1n) is 17.0. The molecule has 0 aromatic heterocycles. The van der Waals surface area contributed by atoms with Gasteiger partial charge in [-0.1, -0.05) is 25.3 Å². The van der Waals surface area contributed by atoms with Crippen molar-refractivity contribution >= 4 is 47.4 Å². The molecule has 262 valence electrons. The fourth-order valence-corrected chi connectivity index (χ4v) is 9.09. The summed E-state index contributed by atoms with van der Waals surface area (Å²) in [6, 6.07) is 0. The average molecular weight is 703 g/mol. The fraction of sp³-hybridized carbons (Fsp3) is 0.667. The van der Waals surface area contributed by atoms with Crippen LogP contribution in [0.1, 0.15) is 65.2 Å². The molecule has 0 amide bonds. The Bertz CT molecular complexity index is 1300. The first-order valence-corrected chi connectivity index (χ1v) is 19.3. The summed E-state index contributed by atoms with van der Waals surface area (Å²) in [6.07, 6.45) is 9.56. The zero-order chi connectivity index (χ0) is 34.1. The van der Waals surface area contributed by atoms with Crippen LogP contribution in [0.15, 0.2) is 47.6 Å². The van der Waals surface area contributed by atoms with E-state index in [9.17, 15) is 19.2 Å². The second kappa shape index (κ2) is 14.7. The highest BCUT2D eigenvalue weighted by atomic mass is 32.2. The van der Waals surface area contributed by atoms with Crippen LogP contribution in [-0.4, -0.2) is 95.7 Å². The second-order valence-corrected chi connectivity index (χ2v) is 16.2. The van der Waals surface area contributed by atoms with Crippen LogP contribution in [0.5, 0.6) is 0 Å². The molecular formula is C36H46O10S2. The molecule has 0 saturated carbocycles. The molecule has 0 N–H and O–H groups in total. The molecule has 4 saturated heterocycles. The predicted molar refractivity (Wildman–Crippen MR) is 181 cm³/mol. The van der Waals surface area contributed by atoms with Crippen molar-refractivity contribution in [2.45, 2.75) is 101 Å². The van der Waals surface area contributed by atoms with Crippen molar-refractivity contribution in [1.29, 1.82) is 0 Å². The molecule has 10 nitrogen and oxygen atoms in total. The molecule has 0 bridgehead atoms. The Kier molecular flexibility index (Phi) is 10.8. The van der Waals surface area contributed by atoms with Crippen LogP contribution >= 0.6 is 23.5 Å². The van der Waals surface area contributed by atoms with Gasteiger partial charge in [0.15, 0.2) is 0 Å². The highest BCUT2D eigenvalue weighted by molar-refractivity contribution is 8.03. The van der Waals surface area contributed by atoms with Crippen LogP contribution in [0.3, 0.4) is 0 Å². The number of carbonyl (C=O) groups excluding carboxylic acids is 4. The molecule has 0 radical (unpaired) electrons. The third-order valence-electron chi connectivity index (χ3n) is 10.5. The second-order valence-electron chi connectivity index (χ2n) is 14.0. The summed E-state index contributed by atoms with van der Waals surface area (Å²) in [5, 5.41) is 0. The first-order chi connectivity index (χ1) is 23.0. The summed E-state index contributed by atoms with van der Waals surface area (Å²) in [7, 11) is 0. The van der Waals surface area contributed by atoms with Crippen molar-refractivity contribution in [2.75, 3.05) is 36.2 Å². The Hall–Kier alpha value is -2.54. The third-order valence-corrected chi connectivity index (χ3v) is 12.7. The summed E-state index contributed by atoms with van der Waals surface area (Å²) >= 11 is 2.95. The van der Waals surface area contributed by atoms with E-state index in [4.69, 9.17) is 28.4 Å². The molecule has 8 atom stereocenters. The molecule has 2 aliphatic carbocycles. The number of fused-ring (bicyclic) bond motifs is 6. The van der Waals surface area contributed by atoms with Crippen LogP contribution in [0.2, 0.25) is 0 Å². The van der Waals surface area contributed by atoms with Gasteiger partial charge in [-0.05, 0) is 76.4 Å². The zero-order valence-corrected chi connectivity index (χ0v) is 29.5. The maximum Gasteiger partial charge on any atom is 0.334 e. The molecule has 4 heterocycles. The lowest BCUT2D eigenvalue weighted by Crippen LogP contribution is -2.29. The normalized spacial score (nSPS) is 38.0. The lowest BCUT2D eigenvalue weighted by molar-refractivity contribution is -0.141. The summed E-state index contributed by atoms with van der Waals surface area (Å²) in [5.41, 5.74) is 2.47. The van der Waals surface area contributed by atoms with Gasteiger partial charge >= 0.3 is 23.9 Å². The Morgan fingerprint density at radius 3 is 1.60 bits per heavy atom. The van der Waals surface area contributed by atoms with E-state index < -0.39 is 0 Å². The van der Waals surface area contributed by atoms with Gasteiger partial charge in [0.25, 0.3) is 0 Å². The minimum atomic E-state index is -0.341. The maximum atomic E-state index is 12.5. The van der Waals surface area contributed by atoms with Gasteiger partial charge in [-0.3, -0.25) is 9.59 Å². The van der Waals surface area contributed by atoms with Crippen LogP contribution in [0.25, 0.3) is 0 Å². The van der Waals surface area contributed by atoms with Crippen LogP contribution < -0.4 is 0 Å². The van der Waals surface area contributed by atoms with Crippen molar-refractivity contribution in [3.63, 3.8) is 0 Å². The largest absolute Gasteiger partial charge is 0.461 e. The highest BCUT2D eigenvalue weighted by Gasteiger charge is 2.62. The van der Waals surface area contributed by atoms with Crippen molar-refractivity contribution < 1.29 is 47.6 Å². The summed E-state index contributed by atoms with van der Waals surface area (Å²) in [6.45, 7) is 12.5. The van der Waals surface area contributed by atoms with Gasteiger partial charge in [-0.25, -0.2) is 9.59 Å². The minimum Gasteiger partial charge on any atom is -0.461 e. The number of allylic oxidation sites excluding steroid dienone is 2. The summed E-state index contributed by atoms with van der Waals surface area (Å²) in [5.74, 6) is 0.465. The fourth-order valence-electron chi connectivity index (χ4n) is 7.36. The Balaban J connectivity index is 0.849. The number of esters is 4. The Morgan fingerprint density at radius 1 is 0.771 bits per heavy atom. The van der Waals surface area contributed by atoms with E-state index in [1.54, 1.807) is 0 Å². The number of hydrogen-bond donors (Lipinski definition) is 0. The van der Waals surface area contributed by atoms with Gasteiger partial charge in [0.05, 0.1) is 22.7 Å². The van der Waals surface area contributed by atoms with E-state index in [0.717, 1.165) is 36.8 Å². The van der Waals surface area contributed by atoms with Crippen LogP contribution in [-0.2, 0) is 47.6 Å². The first kappa shape index (κ1) is 35.3.